The lowest BCUT2D eigenvalue weighted by Gasteiger charge is -2.32. The fraction of sp³-hybridized carbons (Fsp3) is 0.235. The average Bonchev–Trinajstić information content (AvgIpc) is 2.61. The quantitative estimate of drug-likeness (QED) is 0.669. The van der Waals surface area contributed by atoms with Crippen molar-refractivity contribution < 1.29 is 19.5 Å². The largest absolute Gasteiger partial charge is 0.496 e. The number of fused-ring (bicyclic) bond motifs is 1. The molecule has 0 bridgehead atoms. The maximum atomic E-state index is 11.6. The van der Waals surface area contributed by atoms with E-state index in [-0.39, 0.29) is 0 Å². The first-order valence-corrected chi connectivity index (χ1v) is 7.31. The number of benzene rings is 2. The highest BCUT2D eigenvalue weighted by Crippen LogP contribution is 2.34. The fourth-order valence-electron chi connectivity index (χ4n) is 2.68. The van der Waals surface area contributed by atoms with Crippen LogP contribution in [0.15, 0.2) is 42.5 Å². The number of rotatable bonds is 4. The minimum absolute atomic E-state index is 0.377. The van der Waals surface area contributed by atoms with E-state index in [2.05, 4.69) is 4.90 Å². The first kappa shape index (κ1) is 15.2. The Balaban J connectivity index is 1.92. The molecule has 0 radical (unpaired) electrons. The van der Waals surface area contributed by atoms with Crippen LogP contribution in [-0.4, -0.2) is 31.4 Å². The van der Waals surface area contributed by atoms with Gasteiger partial charge in [0.25, 0.3) is 5.91 Å². The van der Waals surface area contributed by atoms with E-state index >= 15 is 0 Å². The lowest BCUT2D eigenvalue weighted by Crippen LogP contribution is -2.32. The number of para-hydroxylation sites is 1. The molecule has 1 aliphatic heterocycles. The highest BCUT2D eigenvalue weighted by Gasteiger charge is 2.21. The molecule has 0 spiro atoms. The van der Waals surface area contributed by atoms with Crippen molar-refractivity contribution in [3.63, 3.8) is 0 Å². The van der Waals surface area contributed by atoms with Crippen LogP contribution in [0.1, 0.15) is 15.9 Å². The predicted octanol–water partition coefficient (Wildman–Crippen LogP) is 2.21. The number of amides is 1. The van der Waals surface area contributed by atoms with Crippen LogP contribution in [-0.2, 0) is 6.54 Å². The molecular formula is C17H18N2O4. The molecule has 0 saturated heterocycles. The van der Waals surface area contributed by atoms with E-state index in [1.54, 1.807) is 30.8 Å². The molecule has 0 aromatic heterocycles. The zero-order chi connectivity index (χ0) is 16.2. The molecule has 120 valence electrons. The van der Waals surface area contributed by atoms with Gasteiger partial charge >= 0.3 is 0 Å². The number of nitrogens with one attached hydrogen (secondary N) is 1. The summed E-state index contributed by atoms with van der Waals surface area (Å²) in [5, 5.41) is 8.80. The van der Waals surface area contributed by atoms with Gasteiger partial charge in [-0.3, -0.25) is 10.0 Å². The molecule has 6 nitrogen and oxygen atoms in total. The maximum Gasteiger partial charge on any atom is 0.274 e. The van der Waals surface area contributed by atoms with Gasteiger partial charge in [-0.25, -0.2) is 5.48 Å². The Morgan fingerprint density at radius 2 is 2.17 bits per heavy atom. The van der Waals surface area contributed by atoms with E-state index in [1.165, 1.54) is 0 Å². The monoisotopic (exact) mass is 314 g/mol. The third kappa shape index (κ3) is 3.07. The second kappa shape index (κ2) is 6.58. The molecular weight excluding hydrogens is 296 g/mol. The molecule has 1 aliphatic rings. The number of nitrogens with zero attached hydrogens (tertiary/aromatic N) is 1. The SMILES string of the molecule is COc1ccccc1CN1CCOc2ccc(C(=O)NO)cc21. The van der Waals surface area contributed by atoms with Crippen LogP contribution in [0.25, 0.3) is 0 Å². The van der Waals surface area contributed by atoms with Gasteiger partial charge in [0.1, 0.15) is 18.1 Å². The van der Waals surface area contributed by atoms with Crippen molar-refractivity contribution in [1.29, 1.82) is 0 Å². The van der Waals surface area contributed by atoms with Crippen LogP contribution in [0, 0.1) is 0 Å². The van der Waals surface area contributed by atoms with Crippen LogP contribution in [0.2, 0.25) is 0 Å². The number of hydrogen-bond donors (Lipinski definition) is 2. The van der Waals surface area contributed by atoms with Crippen LogP contribution in [0.4, 0.5) is 5.69 Å². The van der Waals surface area contributed by atoms with Crippen molar-refractivity contribution in [2.24, 2.45) is 0 Å². The Morgan fingerprint density at radius 1 is 1.35 bits per heavy atom. The lowest BCUT2D eigenvalue weighted by atomic mass is 10.1. The molecule has 0 fully saturated rings. The number of methoxy groups -OCH3 is 1. The number of carbonyl (C=O) groups excluding carboxylic acids is 1. The molecule has 2 aromatic rings. The van der Waals surface area contributed by atoms with Gasteiger partial charge in [0.2, 0.25) is 0 Å². The van der Waals surface area contributed by atoms with Crippen molar-refractivity contribution in [3.05, 3.63) is 53.6 Å². The molecule has 2 aromatic carbocycles. The van der Waals surface area contributed by atoms with E-state index in [1.807, 2.05) is 24.3 Å². The van der Waals surface area contributed by atoms with Crippen LogP contribution in [0.5, 0.6) is 11.5 Å². The van der Waals surface area contributed by atoms with Crippen molar-refractivity contribution in [1.82, 2.24) is 5.48 Å². The average molecular weight is 314 g/mol. The molecule has 1 amide bonds. The second-order valence-corrected chi connectivity index (χ2v) is 5.21. The number of anilines is 1. The van der Waals surface area contributed by atoms with Gasteiger partial charge in [-0.2, -0.15) is 0 Å². The first-order valence-electron chi connectivity index (χ1n) is 7.31. The van der Waals surface area contributed by atoms with E-state index in [0.717, 1.165) is 22.7 Å². The molecule has 0 unspecified atom stereocenters. The Hall–Kier alpha value is -2.73. The topological polar surface area (TPSA) is 71.0 Å². The standard InChI is InChI=1S/C17H18N2O4/c1-22-15-5-3-2-4-13(15)11-19-8-9-23-16-7-6-12(10-14(16)19)17(20)18-21/h2-7,10,21H,8-9,11H2,1H3,(H,18,20). The van der Waals surface area contributed by atoms with Gasteiger partial charge in [0.15, 0.2) is 0 Å². The third-order valence-corrected chi connectivity index (χ3v) is 3.84. The van der Waals surface area contributed by atoms with Gasteiger partial charge in [-0.05, 0) is 24.3 Å². The van der Waals surface area contributed by atoms with Crippen molar-refractivity contribution in [2.75, 3.05) is 25.2 Å². The van der Waals surface area contributed by atoms with Gasteiger partial charge in [-0.1, -0.05) is 18.2 Å². The summed E-state index contributed by atoms with van der Waals surface area (Å²) in [4.78, 5) is 13.8. The second-order valence-electron chi connectivity index (χ2n) is 5.21. The van der Waals surface area contributed by atoms with E-state index < -0.39 is 5.91 Å². The van der Waals surface area contributed by atoms with Crippen molar-refractivity contribution in [2.45, 2.75) is 6.54 Å². The summed E-state index contributed by atoms with van der Waals surface area (Å²) in [5.74, 6) is 1.00. The molecule has 6 heteroatoms. The Kier molecular flexibility index (Phi) is 4.34. The molecule has 0 saturated carbocycles. The first-order chi connectivity index (χ1) is 11.2. The number of ether oxygens (including phenoxy) is 2. The van der Waals surface area contributed by atoms with E-state index in [4.69, 9.17) is 14.7 Å². The summed E-state index contributed by atoms with van der Waals surface area (Å²) >= 11 is 0. The predicted molar refractivity (Wildman–Crippen MR) is 85.2 cm³/mol. The highest BCUT2D eigenvalue weighted by atomic mass is 16.5. The highest BCUT2D eigenvalue weighted by molar-refractivity contribution is 5.95. The molecule has 0 aliphatic carbocycles. The number of hydroxylamine groups is 1. The Bertz CT molecular complexity index is 717. The number of carbonyl (C=O) groups is 1. The van der Waals surface area contributed by atoms with Gasteiger partial charge < -0.3 is 14.4 Å². The third-order valence-electron chi connectivity index (χ3n) is 3.84. The molecule has 2 N–H and O–H groups in total. The molecule has 1 heterocycles. The molecule has 23 heavy (non-hydrogen) atoms. The minimum Gasteiger partial charge on any atom is -0.496 e. The van der Waals surface area contributed by atoms with Gasteiger partial charge in [0, 0.05) is 17.7 Å². The Labute approximate surface area is 134 Å². The summed E-state index contributed by atoms with van der Waals surface area (Å²) in [6, 6.07) is 12.9. The fourth-order valence-corrected chi connectivity index (χ4v) is 2.68. The summed E-state index contributed by atoms with van der Waals surface area (Å²) in [6.07, 6.45) is 0. The van der Waals surface area contributed by atoms with Crippen molar-refractivity contribution in [3.8, 4) is 11.5 Å². The minimum atomic E-state index is -0.546. The summed E-state index contributed by atoms with van der Waals surface area (Å²) < 4.78 is 11.0. The van der Waals surface area contributed by atoms with Gasteiger partial charge in [-0.15, -0.1) is 0 Å². The van der Waals surface area contributed by atoms with Crippen LogP contribution >= 0.6 is 0 Å². The number of hydrogen-bond acceptors (Lipinski definition) is 5. The van der Waals surface area contributed by atoms with Crippen LogP contribution < -0.4 is 19.9 Å². The van der Waals surface area contributed by atoms with Crippen molar-refractivity contribution >= 4 is 11.6 Å². The molecule has 0 atom stereocenters. The summed E-state index contributed by atoms with van der Waals surface area (Å²) in [6.45, 7) is 1.92. The normalized spacial score (nSPS) is 13.0. The van der Waals surface area contributed by atoms with E-state index in [0.29, 0.717) is 25.3 Å². The smallest absolute Gasteiger partial charge is 0.274 e. The Morgan fingerprint density at radius 3 is 2.96 bits per heavy atom. The summed E-state index contributed by atoms with van der Waals surface area (Å²) in [5.41, 5.74) is 3.91. The maximum absolute atomic E-state index is 11.6. The van der Waals surface area contributed by atoms with Gasteiger partial charge in [0.05, 0.1) is 19.3 Å². The van der Waals surface area contributed by atoms with Crippen LogP contribution in [0.3, 0.4) is 0 Å². The lowest BCUT2D eigenvalue weighted by molar-refractivity contribution is 0.0706. The zero-order valence-electron chi connectivity index (χ0n) is 12.8. The molecule has 3 rings (SSSR count). The summed E-state index contributed by atoms with van der Waals surface area (Å²) in [7, 11) is 1.65. The zero-order valence-corrected chi connectivity index (χ0v) is 12.8. The van der Waals surface area contributed by atoms with E-state index in [9.17, 15) is 4.79 Å².